The van der Waals surface area contributed by atoms with E-state index >= 15 is 0 Å². The molecule has 98 valence electrons. The topological polar surface area (TPSA) is 105 Å². The highest BCUT2D eigenvalue weighted by molar-refractivity contribution is 5.81. The van der Waals surface area contributed by atoms with Gasteiger partial charge in [-0.25, -0.2) is 9.78 Å². The molecule has 1 atom stereocenters. The molecule has 1 unspecified atom stereocenters. The lowest BCUT2D eigenvalue weighted by atomic mass is 9.96. The van der Waals surface area contributed by atoms with Crippen molar-refractivity contribution in [3.05, 3.63) is 28.4 Å². The predicted octanol–water partition coefficient (Wildman–Crippen LogP) is 2.05. The van der Waals surface area contributed by atoms with Crippen LogP contribution in [0.25, 0.3) is 0 Å². The van der Waals surface area contributed by atoms with Crippen LogP contribution < -0.4 is 5.32 Å². The molecule has 0 aliphatic carbocycles. The van der Waals surface area contributed by atoms with E-state index in [1.54, 1.807) is 0 Å². The van der Waals surface area contributed by atoms with Gasteiger partial charge in [-0.05, 0) is 13.3 Å². The van der Waals surface area contributed by atoms with E-state index in [9.17, 15) is 20.0 Å². The minimum Gasteiger partial charge on any atom is -0.480 e. The Kier molecular flexibility index (Phi) is 4.19. The van der Waals surface area contributed by atoms with Gasteiger partial charge in [0.1, 0.15) is 11.4 Å². The van der Waals surface area contributed by atoms with Crippen LogP contribution in [0, 0.1) is 10.1 Å². The van der Waals surface area contributed by atoms with Crippen LogP contribution in [0.4, 0.5) is 11.5 Å². The lowest BCUT2D eigenvalue weighted by molar-refractivity contribution is -0.384. The Bertz CT molecular complexity index is 463. The van der Waals surface area contributed by atoms with Crippen molar-refractivity contribution in [2.45, 2.75) is 32.2 Å². The summed E-state index contributed by atoms with van der Waals surface area (Å²) in [5.74, 6) is -0.833. The van der Waals surface area contributed by atoms with Gasteiger partial charge < -0.3 is 10.4 Å². The largest absolute Gasteiger partial charge is 0.480 e. The molecule has 7 heteroatoms. The van der Waals surface area contributed by atoms with Crippen LogP contribution in [-0.4, -0.2) is 26.5 Å². The van der Waals surface area contributed by atoms with E-state index in [0.29, 0.717) is 12.8 Å². The second kappa shape index (κ2) is 5.44. The molecule has 1 aromatic rings. The number of nitro groups is 1. The van der Waals surface area contributed by atoms with Gasteiger partial charge >= 0.3 is 5.97 Å². The molecule has 0 aliphatic rings. The third-order valence-corrected chi connectivity index (χ3v) is 2.58. The summed E-state index contributed by atoms with van der Waals surface area (Å²) in [7, 11) is 0. The highest BCUT2D eigenvalue weighted by Crippen LogP contribution is 2.21. The summed E-state index contributed by atoms with van der Waals surface area (Å²) < 4.78 is 0. The number of hydrogen-bond acceptors (Lipinski definition) is 5. The van der Waals surface area contributed by atoms with Crippen molar-refractivity contribution in [1.29, 1.82) is 0 Å². The molecule has 1 heterocycles. The highest BCUT2D eigenvalue weighted by atomic mass is 16.6. The number of aliphatic carboxylic acids is 1. The fourth-order valence-corrected chi connectivity index (χ4v) is 1.61. The smallest absolute Gasteiger partial charge is 0.329 e. The van der Waals surface area contributed by atoms with E-state index in [1.165, 1.54) is 25.3 Å². The molecule has 18 heavy (non-hydrogen) atoms. The molecule has 0 amide bonds. The number of aromatic nitrogens is 1. The van der Waals surface area contributed by atoms with Crippen LogP contribution in [0.5, 0.6) is 0 Å². The van der Waals surface area contributed by atoms with Crippen molar-refractivity contribution in [1.82, 2.24) is 4.98 Å². The fraction of sp³-hybridized carbons (Fsp3) is 0.455. The van der Waals surface area contributed by atoms with Gasteiger partial charge in [-0.1, -0.05) is 13.3 Å². The van der Waals surface area contributed by atoms with Gasteiger partial charge in [0.05, 0.1) is 11.0 Å². The molecule has 1 rings (SSSR count). The SMILES string of the molecule is CCCC(C)(Nc1cc([N+](=O)[O-])ccn1)C(=O)O. The molecule has 0 saturated heterocycles. The lowest BCUT2D eigenvalue weighted by Crippen LogP contribution is -2.43. The van der Waals surface area contributed by atoms with Crippen molar-refractivity contribution < 1.29 is 14.8 Å². The van der Waals surface area contributed by atoms with E-state index < -0.39 is 16.4 Å². The van der Waals surface area contributed by atoms with Crippen LogP contribution >= 0.6 is 0 Å². The van der Waals surface area contributed by atoms with E-state index in [4.69, 9.17) is 0 Å². The summed E-state index contributed by atoms with van der Waals surface area (Å²) in [6, 6.07) is 2.47. The number of carbonyl (C=O) groups is 1. The van der Waals surface area contributed by atoms with Gasteiger partial charge in [0.15, 0.2) is 0 Å². The number of rotatable bonds is 6. The molecule has 0 radical (unpaired) electrons. The average Bonchev–Trinajstić information content (AvgIpc) is 2.29. The molecule has 0 bridgehead atoms. The van der Waals surface area contributed by atoms with E-state index in [-0.39, 0.29) is 11.5 Å². The van der Waals surface area contributed by atoms with Crippen molar-refractivity contribution in [3.63, 3.8) is 0 Å². The van der Waals surface area contributed by atoms with Gasteiger partial charge in [-0.3, -0.25) is 10.1 Å². The number of nitrogens with zero attached hydrogens (tertiary/aromatic N) is 2. The number of hydrogen-bond donors (Lipinski definition) is 2. The van der Waals surface area contributed by atoms with E-state index in [1.807, 2.05) is 6.92 Å². The third-order valence-electron chi connectivity index (χ3n) is 2.58. The maximum absolute atomic E-state index is 11.2. The van der Waals surface area contributed by atoms with Crippen molar-refractivity contribution in [2.24, 2.45) is 0 Å². The third kappa shape index (κ3) is 3.16. The zero-order chi connectivity index (χ0) is 13.8. The molecule has 7 nitrogen and oxygen atoms in total. The standard InChI is InChI=1S/C11H15N3O4/c1-3-5-11(2,10(15)16)13-9-7-8(14(17)18)4-6-12-9/h4,6-7H,3,5H2,1-2H3,(H,12,13)(H,15,16). The summed E-state index contributed by atoms with van der Waals surface area (Å²) >= 11 is 0. The van der Waals surface area contributed by atoms with E-state index in [0.717, 1.165) is 0 Å². The normalized spacial score (nSPS) is 13.7. The van der Waals surface area contributed by atoms with Crippen LogP contribution in [0.2, 0.25) is 0 Å². The molecule has 2 N–H and O–H groups in total. The second-order valence-corrected chi connectivity index (χ2v) is 4.17. The van der Waals surface area contributed by atoms with Gasteiger partial charge in [-0.15, -0.1) is 0 Å². The van der Waals surface area contributed by atoms with E-state index in [2.05, 4.69) is 10.3 Å². The molecule has 0 spiro atoms. The predicted molar refractivity (Wildman–Crippen MR) is 65.5 cm³/mol. The first-order valence-electron chi connectivity index (χ1n) is 5.51. The first-order valence-corrected chi connectivity index (χ1v) is 5.51. The summed E-state index contributed by atoms with van der Waals surface area (Å²) in [5, 5.41) is 22.5. The minimum absolute atomic E-state index is 0.128. The van der Waals surface area contributed by atoms with Gasteiger partial charge in [0.25, 0.3) is 5.69 Å². The molecule has 0 fully saturated rings. The molecule has 0 saturated carbocycles. The van der Waals surface area contributed by atoms with Crippen molar-refractivity contribution in [2.75, 3.05) is 5.32 Å². The average molecular weight is 253 g/mol. The summed E-state index contributed by atoms with van der Waals surface area (Å²) in [6.07, 6.45) is 2.34. The fourth-order valence-electron chi connectivity index (χ4n) is 1.61. The van der Waals surface area contributed by atoms with Crippen LogP contribution in [0.1, 0.15) is 26.7 Å². The minimum atomic E-state index is -1.18. The Morgan fingerprint density at radius 2 is 2.33 bits per heavy atom. The molecular weight excluding hydrogens is 238 g/mol. The number of anilines is 1. The summed E-state index contributed by atoms with van der Waals surface area (Å²) in [4.78, 5) is 25.2. The zero-order valence-electron chi connectivity index (χ0n) is 10.2. The van der Waals surface area contributed by atoms with Crippen molar-refractivity contribution in [3.8, 4) is 0 Å². The number of carboxylic acid groups (broad SMARTS) is 1. The Hall–Kier alpha value is -2.18. The highest BCUT2D eigenvalue weighted by Gasteiger charge is 2.32. The van der Waals surface area contributed by atoms with Crippen LogP contribution in [0.3, 0.4) is 0 Å². The quantitative estimate of drug-likeness (QED) is 0.593. The molecule has 1 aromatic heterocycles. The number of pyridine rings is 1. The number of nitrogens with one attached hydrogen (secondary N) is 1. The monoisotopic (exact) mass is 253 g/mol. The van der Waals surface area contributed by atoms with Gasteiger partial charge in [0, 0.05) is 12.3 Å². The summed E-state index contributed by atoms with van der Waals surface area (Å²) in [5.41, 5.74) is -1.31. The second-order valence-electron chi connectivity index (χ2n) is 4.17. The first kappa shape index (κ1) is 13.9. The molecule has 0 aliphatic heterocycles. The lowest BCUT2D eigenvalue weighted by Gasteiger charge is -2.26. The van der Waals surface area contributed by atoms with Crippen LogP contribution in [0.15, 0.2) is 18.3 Å². The Morgan fingerprint density at radius 3 is 2.83 bits per heavy atom. The Labute approximate surface area is 104 Å². The van der Waals surface area contributed by atoms with Crippen LogP contribution in [-0.2, 0) is 4.79 Å². The zero-order valence-corrected chi connectivity index (χ0v) is 10.2. The first-order chi connectivity index (χ1) is 8.39. The summed E-state index contributed by atoms with van der Waals surface area (Å²) in [6.45, 7) is 3.39. The molecule has 0 aromatic carbocycles. The Morgan fingerprint density at radius 1 is 1.67 bits per heavy atom. The van der Waals surface area contributed by atoms with Gasteiger partial charge in [0.2, 0.25) is 0 Å². The Balaban J connectivity index is 2.97. The maximum Gasteiger partial charge on any atom is 0.329 e. The van der Waals surface area contributed by atoms with Gasteiger partial charge in [-0.2, -0.15) is 0 Å². The number of carboxylic acids is 1. The molecular formula is C11H15N3O4. The van der Waals surface area contributed by atoms with Crippen molar-refractivity contribution >= 4 is 17.5 Å². The maximum atomic E-state index is 11.2.